The lowest BCUT2D eigenvalue weighted by atomic mass is 9.84. The van der Waals surface area contributed by atoms with Gasteiger partial charge in [0.15, 0.2) is 0 Å². The number of rotatable bonds is 4. The normalized spacial score (nSPS) is 30.9. The molecule has 0 radical (unpaired) electrons. The molecule has 1 aliphatic heterocycles. The zero-order valence-electron chi connectivity index (χ0n) is 9.10. The summed E-state index contributed by atoms with van der Waals surface area (Å²) in [6.45, 7) is 2.34. The van der Waals surface area contributed by atoms with Gasteiger partial charge in [-0.05, 0) is 6.42 Å². The summed E-state index contributed by atoms with van der Waals surface area (Å²) in [7, 11) is 1.51. The molecule has 1 rings (SSSR count). The molecule has 1 aliphatic rings. The summed E-state index contributed by atoms with van der Waals surface area (Å²) in [6, 6.07) is 0. The maximum atomic E-state index is 11.3. The van der Waals surface area contributed by atoms with Crippen LogP contribution in [0.4, 0.5) is 0 Å². The van der Waals surface area contributed by atoms with Crippen LogP contribution in [0.5, 0.6) is 0 Å². The Balaban J connectivity index is 2.89. The molecule has 1 saturated heterocycles. The Bertz CT molecular complexity index is 256. The second-order valence-corrected chi connectivity index (χ2v) is 3.91. The largest absolute Gasteiger partial charge is 0.479 e. The van der Waals surface area contributed by atoms with Gasteiger partial charge in [-0.25, -0.2) is 4.79 Å². The van der Waals surface area contributed by atoms with Crippen LogP contribution in [-0.2, 0) is 14.3 Å². The number of carboxylic acids is 1. The van der Waals surface area contributed by atoms with Gasteiger partial charge in [0.1, 0.15) is 5.54 Å². The van der Waals surface area contributed by atoms with Crippen molar-refractivity contribution in [3.63, 3.8) is 0 Å². The summed E-state index contributed by atoms with van der Waals surface area (Å²) in [4.78, 5) is 23.3. The highest BCUT2D eigenvalue weighted by Gasteiger charge is 2.46. The van der Waals surface area contributed by atoms with Gasteiger partial charge in [0.05, 0.1) is 6.10 Å². The zero-order valence-corrected chi connectivity index (χ0v) is 9.10. The second kappa shape index (κ2) is 4.61. The Labute approximate surface area is 89.0 Å². The van der Waals surface area contributed by atoms with Gasteiger partial charge in [-0.2, -0.15) is 0 Å². The molecule has 0 saturated carbocycles. The minimum absolute atomic E-state index is 0.0720. The smallest absolute Gasteiger partial charge is 0.329 e. The summed E-state index contributed by atoms with van der Waals surface area (Å²) < 4.78 is 5.42. The number of ether oxygens (including phenoxy) is 1. The number of nitrogens with zero attached hydrogens (tertiary/aromatic N) is 1. The number of likely N-dealkylation sites (N-methyl/N-ethyl adjacent to an activating group) is 1. The number of hydrogen-bond donors (Lipinski definition) is 1. The van der Waals surface area contributed by atoms with Gasteiger partial charge in [0.2, 0.25) is 6.41 Å². The quantitative estimate of drug-likeness (QED) is 0.693. The molecule has 1 amide bonds. The second-order valence-electron chi connectivity index (χ2n) is 3.91. The highest BCUT2D eigenvalue weighted by molar-refractivity contribution is 5.81. The van der Waals surface area contributed by atoms with E-state index in [1.54, 1.807) is 0 Å². The van der Waals surface area contributed by atoms with E-state index >= 15 is 0 Å². The van der Waals surface area contributed by atoms with Gasteiger partial charge >= 0.3 is 5.97 Å². The Kier molecular flexibility index (Phi) is 3.68. The predicted octanol–water partition coefficient (Wildman–Crippen LogP) is 0.487. The van der Waals surface area contributed by atoms with E-state index in [-0.39, 0.29) is 6.10 Å². The van der Waals surface area contributed by atoms with Crippen molar-refractivity contribution in [1.29, 1.82) is 0 Å². The number of carbonyl (C=O) groups is 2. The molecular formula is C10H17NO4. The monoisotopic (exact) mass is 215 g/mol. The predicted molar refractivity (Wildman–Crippen MR) is 53.5 cm³/mol. The lowest BCUT2D eigenvalue weighted by Crippen LogP contribution is -2.57. The first-order chi connectivity index (χ1) is 7.06. The van der Waals surface area contributed by atoms with Gasteiger partial charge in [-0.1, -0.05) is 6.92 Å². The van der Waals surface area contributed by atoms with E-state index in [1.165, 1.54) is 11.9 Å². The lowest BCUT2D eigenvalue weighted by Gasteiger charge is -2.41. The highest BCUT2D eigenvalue weighted by atomic mass is 16.5. The molecule has 2 atom stereocenters. The van der Waals surface area contributed by atoms with Crippen molar-refractivity contribution < 1.29 is 19.4 Å². The zero-order chi connectivity index (χ0) is 11.5. The third-order valence-corrected chi connectivity index (χ3v) is 3.12. The highest BCUT2D eigenvalue weighted by Crippen LogP contribution is 2.30. The average molecular weight is 215 g/mol. The molecule has 0 spiro atoms. The number of carboxylic acid groups (broad SMARTS) is 1. The van der Waals surface area contributed by atoms with Gasteiger partial charge in [0.25, 0.3) is 0 Å². The van der Waals surface area contributed by atoms with Crippen LogP contribution in [0.3, 0.4) is 0 Å². The molecule has 86 valence electrons. The van der Waals surface area contributed by atoms with Gasteiger partial charge in [0, 0.05) is 26.5 Å². The maximum Gasteiger partial charge on any atom is 0.329 e. The Hall–Kier alpha value is -1.10. The summed E-state index contributed by atoms with van der Waals surface area (Å²) >= 11 is 0. The van der Waals surface area contributed by atoms with Crippen molar-refractivity contribution in [2.24, 2.45) is 0 Å². The molecule has 0 aromatic rings. The van der Waals surface area contributed by atoms with Crippen molar-refractivity contribution in [2.45, 2.75) is 37.8 Å². The molecule has 1 N–H and O–H groups in total. The van der Waals surface area contributed by atoms with Gasteiger partial charge in [-0.15, -0.1) is 0 Å². The van der Waals surface area contributed by atoms with E-state index < -0.39 is 11.5 Å². The summed E-state index contributed by atoms with van der Waals surface area (Å²) in [5, 5.41) is 9.25. The summed E-state index contributed by atoms with van der Waals surface area (Å²) in [6.07, 6.45) is 1.99. The third-order valence-electron chi connectivity index (χ3n) is 3.12. The first-order valence-electron chi connectivity index (χ1n) is 5.10. The van der Waals surface area contributed by atoms with E-state index in [0.29, 0.717) is 25.9 Å². The first-order valence-corrected chi connectivity index (χ1v) is 5.10. The van der Waals surface area contributed by atoms with E-state index in [0.717, 1.165) is 6.42 Å². The van der Waals surface area contributed by atoms with Crippen LogP contribution in [-0.4, -0.2) is 47.7 Å². The van der Waals surface area contributed by atoms with Crippen LogP contribution in [0.2, 0.25) is 0 Å². The Morgan fingerprint density at radius 2 is 2.40 bits per heavy atom. The molecular weight excluding hydrogens is 198 g/mol. The molecule has 15 heavy (non-hydrogen) atoms. The molecule has 0 aliphatic carbocycles. The fourth-order valence-electron chi connectivity index (χ4n) is 1.96. The number of carbonyl (C=O) groups excluding carboxylic acids is 1. The van der Waals surface area contributed by atoms with Crippen molar-refractivity contribution in [2.75, 3.05) is 13.7 Å². The molecule has 0 bridgehead atoms. The molecule has 5 nitrogen and oxygen atoms in total. The minimum atomic E-state index is -1.08. The lowest BCUT2D eigenvalue weighted by molar-refractivity contribution is -0.164. The average Bonchev–Trinajstić information content (AvgIpc) is 2.27. The fraction of sp³-hybridized carbons (Fsp3) is 0.800. The number of aliphatic carboxylic acids is 1. The van der Waals surface area contributed by atoms with Crippen molar-refractivity contribution in [1.82, 2.24) is 4.90 Å². The van der Waals surface area contributed by atoms with Crippen LogP contribution >= 0.6 is 0 Å². The van der Waals surface area contributed by atoms with E-state index in [1.807, 2.05) is 6.92 Å². The molecule has 5 heteroatoms. The topological polar surface area (TPSA) is 66.8 Å². The van der Waals surface area contributed by atoms with Crippen LogP contribution in [0, 0.1) is 0 Å². The van der Waals surface area contributed by atoms with E-state index in [9.17, 15) is 14.7 Å². The van der Waals surface area contributed by atoms with Crippen LogP contribution < -0.4 is 0 Å². The molecule has 2 unspecified atom stereocenters. The van der Waals surface area contributed by atoms with Crippen molar-refractivity contribution in [3.05, 3.63) is 0 Å². The Morgan fingerprint density at radius 3 is 2.87 bits per heavy atom. The number of amides is 1. The Morgan fingerprint density at radius 1 is 1.73 bits per heavy atom. The number of hydrogen-bond acceptors (Lipinski definition) is 3. The SMILES string of the molecule is CCC1CC(C(=O)O)(N(C)C=O)CCO1. The molecule has 1 fully saturated rings. The van der Waals surface area contributed by atoms with E-state index in [4.69, 9.17) is 4.74 Å². The fourth-order valence-corrected chi connectivity index (χ4v) is 1.96. The van der Waals surface area contributed by atoms with E-state index in [2.05, 4.69) is 0 Å². The van der Waals surface area contributed by atoms with Crippen molar-refractivity contribution in [3.8, 4) is 0 Å². The van der Waals surface area contributed by atoms with Crippen molar-refractivity contribution >= 4 is 12.4 Å². The summed E-state index contributed by atoms with van der Waals surface area (Å²) in [5.41, 5.74) is -1.08. The van der Waals surface area contributed by atoms with Gasteiger partial charge in [-0.3, -0.25) is 4.79 Å². The van der Waals surface area contributed by atoms with Crippen LogP contribution in [0.25, 0.3) is 0 Å². The first kappa shape index (κ1) is 12.0. The van der Waals surface area contributed by atoms with Crippen LogP contribution in [0.1, 0.15) is 26.2 Å². The molecule has 0 aromatic carbocycles. The molecule has 1 heterocycles. The maximum absolute atomic E-state index is 11.3. The summed E-state index contributed by atoms with van der Waals surface area (Å²) in [5.74, 6) is -0.946. The van der Waals surface area contributed by atoms with Crippen LogP contribution in [0.15, 0.2) is 0 Å². The van der Waals surface area contributed by atoms with Gasteiger partial charge < -0.3 is 14.7 Å². The minimum Gasteiger partial charge on any atom is -0.479 e. The third kappa shape index (κ3) is 2.12. The molecule has 0 aromatic heterocycles. The standard InChI is InChI=1S/C10H17NO4/c1-3-8-6-10(9(13)14,4-5-15-8)11(2)7-12/h7-8H,3-6H2,1-2H3,(H,13,14).